The summed E-state index contributed by atoms with van der Waals surface area (Å²) in [7, 11) is -0.989. The summed E-state index contributed by atoms with van der Waals surface area (Å²) < 4.78 is 32.0. The number of nitrogens with zero attached hydrogens (tertiary/aromatic N) is 3. The maximum absolute atomic E-state index is 12.2. The molecule has 0 bridgehead atoms. The molecule has 2 aliphatic rings. The molecule has 0 radical (unpaired) electrons. The van der Waals surface area contributed by atoms with E-state index in [9.17, 15) is 8.42 Å². The Bertz CT molecular complexity index is 652. The fourth-order valence-electron chi connectivity index (χ4n) is 4.07. The van der Waals surface area contributed by atoms with Gasteiger partial charge < -0.3 is 9.64 Å². The molecule has 0 saturated carbocycles. The average molecular weight is 353 g/mol. The Balaban J connectivity index is 1.62. The van der Waals surface area contributed by atoms with Crippen LogP contribution in [0.15, 0.2) is 24.5 Å². The third kappa shape index (κ3) is 3.64. The Kier molecular flexibility index (Phi) is 5.24. The van der Waals surface area contributed by atoms with Gasteiger partial charge in [0, 0.05) is 49.9 Å². The molecule has 0 amide bonds. The van der Waals surface area contributed by atoms with Crippen LogP contribution in [0.5, 0.6) is 0 Å². The quantitative estimate of drug-likeness (QED) is 0.769. The van der Waals surface area contributed by atoms with Crippen molar-refractivity contribution >= 4 is 10.0 Å². The summed E-state index contributed by atoms with van der Waals surface area (Å²) in [6.07, 6.45) is 4.50. The third-order valence-electron chi connectivity index (χ3n) is 5.40. The zero-order valence-electron chi connectivity index (χ0n) is 14.5. The number of hydrogen-bond donors (Lipinski definition) is 0. The first kappa shape index (κ1) is 17.8. The van der Waals surface area contributed by atoms with E-state index in [1.165, 1.54) is 0 Å². The first-order valence-electron chi connectivity index (χ1n) is 8.58. The van der Waals surface area contributed by atoms with Crippen molar-refractivity contribution in [1.82, 2.24) is 14.2 Å². The van der Waals surface area contributed by atoms with Crippen LogP contribution < -0.4 is 0 Å². The van der Waals surface area contributed by atoms with Crippen LogP contribution in [0.4, 0.5) is 0 Å². The van der Waals surface area contributed by atoms with Crippen LogP contribution in [-0.2, 0) is 21.4 Å². The van der Waals surface area contributed by atoms with Gasteiger partial charge in [0.05, 0.1) is 19.0 Å². The van der Waals surface area contributed by atoms with Gasteiger partial charge in [0.2, 0.25) is 10.0 Å². The van der Waals surface area contributed by atoms with Crippen molar-refractivity contribution < 1.29 is 13.2 Å². The minimum atomic E-state index is -3.10. The fourth-order valence-corrected chi connectivity index (χ4v) is 5.26. The summed E-state index contributed by atoms with van der Waals surface area (Å²) in [5.41, 5.74) is 1.10. The molecule has 0 aliphatic carbocycles. The van der Waals surface area contributed by atoms with E-state index in [-0.39, 0.29) is 11.2 Å². The highest BCUT2D eigenvalue weighted by Gasteiger charge is 2.51. The molecule has 1 aromatic heterocycles. The van der Waals surface area contributed by atoms with Crippen LogP contribution >= 0.6 is 0 Å². The Labute approximate surface area is 144 Å². The number of rotatable bonds is 6. The van der Waals surface area contributed by atoms with E-state index in [1.54, 1.807) is 17.4 Å². The van der Waals surface area contributed by atoms with Crippen LogP contribution in [-0.4, -0.2) is 68.2 Å². The molecule has 24 heavy (non-hydrogen) atoms. The van der Waals surface area contributed by atoms with E-state index in [2.05, 4.69) is 16.9 Å². The molecule has 1 aromatic rings. The number of pyridine rings is 1. The largest absolute Gasteiger partial charge is 0.376 e. The summed E-state index contributed by atoms with van der Waals surface area (Å²) >= 11 is 0. The Morgan fingerprint density at radius 1 is 1.42 bits per heavy atom. The van der Waals surface area contributed by atoms with E-state index in [0.29, 0.717) is 32.2 Å². The van der Waals surface area contributed by atoms with E-state index < -0.39 is 10.0 Å². The van der Waals surface area contributed by atoms with Gasteiger partial charge >= 0.3 is 0 Å². The third-order valence-corrected chi connectivity index (χ3v) is 7.23. The van der Waals surface area contributed by atoms with Crippen molar-refractivity contribution in [3.63, 3.8) is 0 Å². The number of likely N-dealkylation sites (tertiary alicyclic amines) is 1. The maximum atomic E-state index is 12.2. The van der Waals surface area contributed by atoms with Crippen molar-refractivity contribution in [3.8, 4) is 0 Å². The molecule has 3 rings (SSSR count). The smallest absolute Gasteiger partial charge is 0.213 e. The van der Waals surface area contributed by atoms with Crippen molar-refractivity contribution in [2.24, 2.45) is 11.3 Å². The SMILES string of the molecule is CCS(=O)(=O)N1CC[C@]2(CN(C)C[C@H]2COCc2cccnc2)C1. The predicted octanol–water partition coefficient (Wildman–Crippen LogP) is 1.20. The molecule has 134 valence electrons. The zero-order valence-corrected chi connectivity index (χ0v) is 15.3. The Morgan fingerprint density at radius 3 is 2.96 bits per heavy atom. The summed E-state index contributed by atoms with van der Waals surface area (Å²) in [6.45, 7) is 6.13. The second-order valence-corrected chi connectivity index (χ2v) is 9.37. The van der Waals surface area contributed by atoms with Gasteiger partial charge in [-0.3, -0.25) is 4.98 Å². The van der Waals surface area contributed by atoms with Gasteiger partial charge in [-0.1, -0.05) is 6.07 Å². The average Bonchev–Trinajstić information content (AvgIpc) is 3.13. The normalized spacial score (nSPS) is 28.8. The van der Waals surface area contributed by atoms with Crippen molar-refractivity contribution in [1.29, 1.82) is 0 Å². The van der Waals surface area contributed by atoms with Gasteiger partial charge in [-0.25, -0.2) is 12.7 Å². The first-order chi connectivity index (χ1) is 11.5. The first-order valence-corrected chi connectivity index (χ1v) is 10.2. The van der Waals surface area contributed by atoms with Crippen molar-refractivity contribution in [2.75, 3.05) is 45.6 Å². The predicted molar refractivity (Wildman–Crippen MR) is 93.0 cm³/mol. The van der Waals surface area contributed by atoms with Gasteiger partial charge in [-0.15, -0.1) is 0 Å². The number of sulfonamides is 1. The Hall–Kier alpha value is -1.02. The standard InChI is InChI=1S/C17H27N3O3S/c1-3-24(21,22)20-8-6-17(14-20)13-19(2)10-16(17)12-23-11-15-5-4-7-18-9-15/h4-5,7,9,16H,3,6,8,10-14H2,1-2H3/t16-,17-/m0/s1. The second-order valence-electron chi connectivity index (χ2n) is 7.12. The molecule has 0 aromatic carbocycles. The van der Waals surface area contributed by atoms with Gasteiger partial charge in [0.25, 0.3) is 0 Å². The molecule has 3 heterocycles. The molecular weight excluding hydrogens is 326 g/mol. The van der Waals surface area contributed by atoms with Gasteiger partial charge in [-0.2, -0.15) is 0 Å². The Morgan fingerprint density at radius 2 is 2.25 bits per heavy atom. The van der Waals surface area contributed by atoms with Crippen LogP contribution in [0.25, 0.3) is 0 Å². The van der Waals surface area contributed by atoms with E-state index in [0.717, 1.165) is 25.1 Å². The lowest BCUT2D eigenvalue weighted by Crippen LogP contribution is -2.38. The molecule has 2 atom stereocenters. The summed E-state index contributed by atoms with van der Waals surface area (Å²) in [5.74, 6) is 0.553. The van der Waals surface area contributed by atoms with E-state index in [1.807, 2.05) is 18.3 Å². The molecule has 0 N–H and O–H groups in total. The van der Waals surface area contributed by atoms with E-state index >= 15 is 0 Å². The topological polar surface area (TPSA) is 62.7 Å². The van der Waals surface area contributed by atoms with E-state index in [4.69, 9.17) is 4.74 Å². The maximum Gasteiger partial charge on any atom is 0.213 e. The molecule has 0 unspecified atom stereocenters. The van der Waals surface area contributed by atoms with Crippen LogP contribution in [0, 0.1) is 11.3 Å². The highest BCUT2D eigenvalue weighted by Crippen LogP contribution is 2.44. The lowest BCUT2D eigenvalue weighted by atomic mass is 9.78. The highest BCUT2D eigenvalue weighted by atomic mass is 32.2. The fraction of sp³-hybridized carbons (Fsp3) is 0.706. The number of ether oxygens (including phenoxy) is 1. The van der Waals surface area contributed by atoms with Crippen LogP contribution in [0.1, 0.15) is 18.9 Å². The zero-order chi connectivity index (χ0) is 17.2. The van der Waals surface area contributed by atoms with Crippen molar-refractivity contribution in [3.05, 3.63) is 30.1 Å². The molecule has 1 spiro atoms. The minimum absolute atomic E-state index is 0.0337. The van der Waals surface area contributed by atoms with Crippen molar-refractivity contribution in [2.45, 2.75) is 20.0 Å². The molecule has 7 heteroatoms. The van der Waals surface area contributed by atoms with Gasteiger partial charge in [0.1, 0.15) is 0 Å². The second kappa shape index (κ2) is 7.07. The summed E-state index contributed by atoms with van der Waals surface area (Å²) in [4.78, 5) is 6.41. The minimum Gasteiger partial charge on any atom is -0.376 e. The van der Waals surface area contributed by atoms with Gasteiger partial charge in [-0.05, 0) is 32.0 Å². The molecule has 6 nitrogen and oxygen atoms in total. The lowest BCUT2D eigenvalue weighted by molar-refractivity contribution is 0.0539. The molecule has 2 fully saturated rings. The number of hydrogen-bond acceptors (Lipinski definition) is 5. The lowest BCUT2D eigenvalue weighted by Gasteiger charge is -2.30. The van der Waals surface area contributed by atoms with Crippen LogP contribution in [0.3, 0.4) is 0 Å². The van der Waals surface area contributed by atoms with Crippen LogP contribution in [0.2, 0.25) is 0 Å². The highest BCUT2D eigenvalue weighted by molar-refractivity contribution is 7.89. The number of aromatic nitrogens is 1. The molecule has 2 saturated heterocycles. The monoisotopic (exact) mass is 353 g/mol. The van der Waals surface area contributed by atoms with Gasteiger partial charge in [0.15, 0.2) is 0 Å². The summed E-state index contributed by atoms with van der Waals surface area (Å²) in [5, 5.41) is 0. The summed E-state index contributed by atoms with van der Waals surface area (Å²) in [6, 6.07) is 3.92. The molecule has 2 aliphatic heterocycles. The molecular formula is C17H27N3O3S.